The number of para-hydroxylation sites is 2. The number of aromatic nitrogens is 4. The van der Waals surface area contributed by atoms with E-state index in [1.54, 1.807) is 0 Å². The molecule has 0 radical (unpaired) electrons. The van der Waals surface area contributed by atoms with E-state index in [4.69, 9.17) is 4.98 Å². The van der Waals surface area contributed by atoms with E-state index in [1.165, 1.54) is 37.1 Å². The van der Waals surface area contributed by atoms with Gasteiger partial charge < -0.3 is 14.0 Å². The number of imidazole rings is 2. The summed E-state index contributed by atoms with van der Waals surface area (Å²) in [6.07, 6.45) is 9.47. The predicted octanol–water partition coefficient (Wildman–Crippen LogP) is 3.04. The van der Waals surface area contributed by atoms with Crippen molar-refractivity contribution in [2.75, 3.05) is 19.6 Å². The predicted molar refractivity (Wildman–Crippen MR) is 96.0 cm³/mol. The van der Waals surface area contributed by atoms with Crippen molar-refractivity contribution in [2.24, 2.45) is 7.05 Å². The molecule has 0 bridgehead atoms. The van der Waals surface area contributed by atoms with Crippen molar-refractivity contribution in [1.29, 1.82) is 0 Å². The van der Waals surface area contributed by atoms with Crippen molar-refractivity contribution in [2.45, 2.75) is 31.7 Å². The molecule has 1 fully saturated rings. The summed E-state index contributed by atoms with van der Waals surface area (Å²) >= 11 is 0. The van der Waals surface area contributed by atoms with Gasteiger partial charge in [-0.2, -0.15) is 0 Å². The summed E-state index contributed by atoms with van der Waals surface area (Å²) < 4.78 is 4.45. The van der Waals surface area contributed by atoms with Crippen molar-refractivity contribution in [3.8, 4) is 0 Å². The highest BCUT2D eigenvalue weighted by atomic mass is 15.2. The van der Waals surface area contributed by atoms with Gasteiger partial charge >= 0.3 is 0 Å². The van der Waals surface area contributed by atoms with Crippen LogP contribution in [0.5, 0.6) is 0 Å². The molecule has 0 N–H and O–H groups in total. The van der Waals surface area contributed by atoms with E-state index in [2.05, 4.69) is 50.3 Å². The Hall–Kier alpha value is -2.14. The molecule has 5 nitrogen and oxygen atoms in total. The lowest BCUT2D eigenvalue weighted by Crippen LogP contribution is -2.36. The summed E-state index contributed by atoms with van der Waals surface area (Å²) in [4.78, 5) is 11.6. The summed E-state index contributed by atoms with van der Waals surface area (Å²) in [6, 6.07) is 8.45. The molecule has 0 amide bonds. The van der Waals surface area contributed by atoms with Crippen LogP contribution in [0.1, 0.15) is 31.0 Å². The quantitative estimate of drug-likeness (QED) is 0.724. The zero-order chi connectivity index (χ0) is 16.4. The van der Waals surface area contributed by atoms with Gasteiger partial charge in [-0.15, -0.1) is 0 Å². The number of hydrogen-bond donors (Lipinski definition) is 0. The number of nitrogens with zero attached hydrogens (tertiary/aromatic N) is 5. The van der Waals surface area contributed by atoms with Crippen LogP contribution in [0.2, 0.25) is 0 Å². The van der Waals surface area contributed by atoms with E-state index < -0.39 is 0 Å². The monoisotopic (exact) mass is 323 g/mol. The summed E-state index contributed by atoms with van der Waals surface area (Å²) in [6.45, 7) is 4.54. The first kappa shape index (κ1) is 15.4. The molecule has 1 aliphatic heterocycles. The largest absolute Gasteiger partial charge is 0.337 e. The number of hydrogen-bond acceptors (Lipinski definition) is 3. The van der Waals surface area contributed by atoms with Crippen LogP contribution < -0.4 is 0 Å². The van der Waals surface area contributed by atoms with E-state index >= 15 is 0 Å². The van der Waals surface area contributed by atoms with Crippen LogP contribution in [-0.4, -0.2) is 43.6 Å². The third kappa shape index (κ3) is 3.08. The van der Waals surface area contributed by atoms with E-state index in [9.17, 15) is 0 Å². The number of piperidine rings is 1. The van der Waals surface area contributed by atoms with E-state index in [0.717, 1.165) is 25.2 Å². The molecule has 0 saturated carbocycles. The molecule has 0 spiro atoms. The highest BCUT2D eigenvalue weighted by Crippen LogP contribution is 2.28. The lowest BCUT2D eigenvalue weighted by atomic mass is 9.97. The molecule has 126 valence electrons. The Morgan fingerprint density at radius 3 is 2.96 bits per heavy atom. The van der Waals surface area contributed by atoms with E-state index in [-0.39, 0.29) is 0 Å². The average Bonchev–Trinajstić information content (AvgIpc) is 3.24. The van der Waals surface area contributed by atoms with Crippen LogP contribution in [-0.2, 0) is 13.6 Å². The zero-order valence-electron chi connectivity index (χ0n) is 14.3. The molecule has 0 aliphatic carbocycles. The molecular weight excluding hydrogens is 298 g/mol. The van der Waals surface area contributed by atoms with Crippen LogP contribution in [0, 0.1) is 0 Å². The summed E-state index contributed by atoms with van der Waals surface area (Å²) in [7, 11) is 2.16. The van der Waals surface area contributed by atoms with Crippen LogP contribution in [0.3, 0.4) is 0 Å². The second kappa shape index (κ2) is 6.77. The molecule has 3 heterocycles. The summed E-state index contributed by atoms with van der Waals surface area (Å²) in [5.41, 5.74) is 2.36. The Bertz CT molecular complexity index is 789. The van der Waals surface area contributed by atoms with Gasteiger partial charge in [-0.25, -0.2) is 9.97 Å². The number of benzene rings is 1. The Morgan fingerprint density at radius 2 is 2.12 bits per heavy atom. The first-order valence-corrected chi connectivity index (χ1v) is 8.91. The second-order valence-corrected chi connectivity index (χ2v) is 6.81. The van der Waals surface area contributed by atoms with Crippen molar-refractivity contribution in [3.63, 3.8) is 0 Å². The van der Waals surface area contributed by atoms with Gasteiger partial charge in [0.15, 0.2) is 0 Å². The van der Waals surface area contributed by atoms with Crippen molar-refractivity contribution in [1.82, 2.24) is 24.0 Å². The van der Waals surface area contributed by atoms with Crippen molar-refractivity contribution >= 4 is 11.0 Å². The first-order valence-electron chi connectivity index (χ1n) is 8.91. The fourth-order valence-electron chi connectivity index (χ4n) is 3.89. The summed E-state index contributed by atoms with van der Waals surface area (Å²) in [5.74, 6) is 1.79. The molecule has 1 aliphatic rings. The minimum atomic E-state index is 0.546. The number of fused-ring (bicyclic) bond motifs is 1. The fourth-order valence-corrected chi connectivity index (χ4v) is 3.89. The molecule has 24 heavy (non-hydrogen) atoms. The second-order valence-electron chi connectivity index (χ2n) is 6.81. The summed E-state index contributed by atoms with van der Waals surface area (Å²) in [5, 5.41) is 0. The number of rotatable bonds is 5. The van der Waals surface area contributed by atoms with Gasteiger partial charge in [-0.3, -0.25) is 0 Å². The third-order valence-electron chi connectivity index (χ3n) is 5.14. The molecule has 2 aromatic heterocycles. The molecule has 4 rings (SSSR count). The Kier molecular flexibility index (Phi) is 4.34. The fraction of sp³-hybridized carbons (Fsp3) is 0.474. The Labute approximate surface area is 142 Å². The van der Waals surface area contributed by atoms with Crippen LogP contribution in [0.4, 0.5) is 0 Å². The highest BCUT2D eigenvalue weighted by Gasteiger charge is 2.25. The van der Waals surface area contributed by atoms with Gasteiger partial charge in [0.25, 0.3) is 0 Å². The minimum absolute atomic E-state index is 0.546. The zero-order valence-corrected chi connectivity index (χ0v) is 14.3. The standard InChI is InChI=1S/C19H25N5/c1-22-18-8-3-2-7-17(18)21-19(22)16-6-4-10-23(14-16)11-5-12-24-13-9-20-15-24/h2-3,7-9,13,15-16H,4-6,10-12,14H2,1H3. The highest BCUT2D eigenvalue weighted by molar-refractivity contribution is 5.75. The van der Waals surface area contributed by atoms with Crippen LogP contribution in [0.15, 0.2) is 43.0 Å². The van der Waals surface area contributed by atoms with Gasteiger partial charge in [0.1, 0.15) is 5.82 Å². The van der Waals surface area contributed by atoms with Crippen LogP contribution >= 0.6 is 0 Å². The van der Waals surface area contributed by atoms with Crippen molar-refractivity contribution in [3.05, 3.63) is 48.8 Å². The molecule has 5 heteroatoms. The maximum atomic E-state index is 4.92. The van der Waals surface area contributed by atoms with Gasteiger partial charge in [0.2, 0.25) is 0 Å². The molecule has 1 saturated heterocycles. The van der Waals surface area contributed by atoms with Crippen LogP contribution in [0.25, 0.3) is 11.0 Å². The van der Waals surface area contributed by atoms with Gasteiger partial charge in [0, 0.05) is 38.4 Å². The maximum absolute atomic E-state index is 4.92. The first-order chi connectivity index (χ1) is 11.8. The SMILES string of the molecule is Cn1c(C2CCCN(CCCn3ccnc3)C2)nc2ccccc21. The van der Waals surface area contributed by atoms with Gasteiger partial charge in [0.05, 0.1) is 17.4 Å². The minimum Gasteiger partial charge on any atom is -0.337 e. The molecule has 1 aromatic carbocycles. The molecule has 1 atom stereocenters. The maximum Gasteiger partial charge on any atom is 0.114 e. The van der Waals surface area contributed by atoms with Gasteiger partial charge in [-0.1, -0.05) is 12.1 Å². The Balaban J connectivity index is 1.41. The lowest BCUT2D eigenvalue weighted by Gasteiger charge is -2.32. The molecule has 1 unspecified atom stereocenters. The van der Waals surface area contributed by atoms with E-state index in [0.29, 0.717) is 5.92 Å². The van der Waals surface area contributed by atoms with Gasteiger partial charge in [-0.05, 0) is 44.5 Å². The van der Waals surface area contributed by atoms with Crippen molar-refractivity contribution < 1.29 is 0 Å². The van der Waals surface area contributed by atoms with E-state index in [1.807, 2.05) is 18.7 Å². The number of aryl methyl sites for hydroxylation is 2. The normalized spacial score (nSPS) is 19.1. The topological polar surface area (TPSA) is 38.9 Å². The smallest absolute Gasteiger partial charge is 0.114 e. The third-order valence-corrected chi connectivity index (χ3v) is 5.14. The average molecular weight is 323 g/mol. The Morgan fingerprint density at radius 1 is 1.21 bits per heavy atom. The molecule has 3 aromatic rings. The lowest BCUT2D eigenvalue weighted by molar-refractivity contribution is 0.198. The molecular formula is C19H25N5. The number of likely N-dealkylation sites (tertiary alicyclic amines) is 1.